The Bertz CT molecular complexity index is 397. The van der Waals surface area contributed by atoms with E-state index in [1.54, 1.807) is 6.07 Å². The van der Waals surface area contributed by atoms with Crippen molar-refractivity contribution in [2.75, 3.05) is 13.1 Å². The van der Waals surface area contributed by atoms with Gasteiger partial charge in [-0.3, -0.25) is 4.90 Å². The van der Waals surface area contributed by atoms with Crippen LogP contribution in [0.2, 0.25) is 0 Å². The van der Waals surface area contributed by atoms with Gasteiger partial charge in [-0.25, -0.2) is 4.79 Å². The Morgan fingerprint density at radius 2 is 2.00 bits per heavy atom. The van der Waals surface area contributed by atoms with Crippen molar-refractivity contribution in [2.45, 2.75) is 19.4 Å². The molecule has 0 aromatic heterocycles. The predicted molar refractivity (Wildman–Crippen MR) is 59.6 cm³/mol. The molecule has 4 nitrogen and oxygen atoms in total. The number of carboxylic acids is 1. The van der Waals surface area contributed by atoms with E-state index in [9.17, 15) is 9.90 Å². The zero-order valence-corrected chi connectivity index (χ0v) is 9.02. The lowest BCUT2D eigenvalue weighted by molar-refractivity contribution is 0.0694. The van der Waals surface area contributed by atoms with Crippen LogP contribution < -0.4 is 0 Å². The standard InChI is InChI=1S/C12H15NO3/c14-11-5-3-4-9(12(15)16)10(11)8-13-6-1-2-7-13/h3-5,14H,1-2,6-8H2,(H,15,16). The third kappa shape index (κ3) is 2.17. The number of hydrogen-bond donors (Lipinski definition) is 2. The predicted octanol–water partition coefficient (Wildman–Crippen LogP) is 1.69. The zero-order chi connectivity index (χ0) is 11.5. The number of hydrogen-bond acceptors (Lipinski definition) is 3. The molecule has 86 valence electrons. The molecular formula is C12H15NO3. The van der Waals surface area contributed by atoms with E-state index in [1.165, 1.54) is 12.1 Å². The van der Waals surface area contributed by atoms with Crippen molar-refractivity contribution in [3.63, 3.8) is 0 Å². The van der Waals surface area contributed by atoms with Crippen molar-refractivity contribution in [3.05, 3.63) is 29.3 Å². The number of aromatic carboxylic acids is 1. The smallest absolute Gasteiger partial charge is 0.336 e. The van der Waals surface area contributed by atoms with Crippen molar-refractivity contribution in [1.82, 2.24) is 4.90 Å². The van der Waals surface area contributed by atoms with Crippen LogP contribution in [0.5, 0.6) is 5.75 Å². The van der Waals surface area contributed by atoms with Gasteiger partial charge >= 0.3 is 5.97 Å². The topological polar surface area (TPSA) is 60.8 Å². The summed E-state index contributed by atoms with van der Waals surface area (Å²) in [7, 11) is 0. The van der Waals surface area contributed by atoms with Crippen molar-refractivity contribution < 1.29 is 15.0 Å². The maximum absolute atomic E-state index is 11.0. The van der Waals surface area contributed by atoms with Gasteiger partial charge in [0, 0.05) is 12.1 Å². The fourth-order valence-corrected chi connectivity index (χ4v) is 2.11. The third-order valence-corrected chi connectivity index (χ3v) is 2.96. The highest BCUT2D eigenvalue weighted by Crippen LogP contribution is 2.24. The largest absolute Gasteiger partial charge is 0.508 e. The molecule has 1 heterocycles. The van der Waals surface area contributed by atoms with Gasteiger partial charge in [0.25, 0.3) is 0 Å². The molecule has 2 N–H and O–H groups in total. The lowest BCUT2D eigenvalue weighted by atomic mass is 10.1. The van der Waals surface area contributed by atoms with Crippen LogP contribution in [0.3, 0.4) is 0 Å². The van der Waals surface area contributed by atoms with Gasteiger partial charge in [0.15, 0.2) is 0 Å². The van der Waals surface area contributed by atoms with E-state index in [-0.39, 0.29) is 11.3 Å². The minimum Gasteiger partial charge on any atom is -0.508 e. The van der Waals surface area contributed by atoms with Crippen LogP contribution in [0.15, 0.2) is 18.2 Å². The summed E-state index contributed by atoms with van der Waals surface area (Å²) in [4.78, 5) is 13.2. The van der Waals surface area contributed by atoms with Gasteiger partial charge in [-0.15, -0.1) is 0 Å². The molecule has 4 heteroatoms. The molecule has 16 heavy (non-hydrogen) atoms. The Morgan fingerprint density at radius 3 is 2.62 bits per heavy atom. The number of phenols is 1. The lowest BCUT2D eigenvalue weighted by Gasteiger charge is -2.17. The van der Waals surface area contributed by atoms with Crippen molar-refractivity contribution in [1.29, 1.82) is 0 Å². The summed E-state index contributed by atoms with van der Waals surface area (Å²) >= 11 is 0. The number of aromatic hydroxyl groups is 1. The average molecular weight is 221 g/mol. The molecule has 0 atom stereocenters. The SMILES string of the molecule is O=C(O)c1cccc(O)c1CN1CCCC1. The number of carboxylic acid groups (broad SMARTS) is 1. The highest BCUT2D eigenvalue weighted by Gasteiger charge is 2.18. The van der Waals surface area contributed by atoms with Crippen molar-refractivity contribution in [2.24, 2.45) is 0 Å². The molecule has 0 aliphatic carbocycles. The number of benzene rings is 1. The minimum absolute atomic E-state index is 0.0757. The average Bonchev–Trinajstić information content (AvgIpc) is 2.73. The van der Waals surface area contributed by atoms with E-state index in [4.69, 9.17) is 5.11 Å². The van der Waals surface area contributed by atoms with E-state index >= 15 is 0 Å². The second-order valence-corrected chi connectivity index (χ2v) is 4.09. The van der Waals surface area contributed by atoms with Gasteiger partial charge in [-0.05, 0) is 38.1 Å². The zero-order valence-electron chi connectivity index (χ0n) is 9.02. The molecule has 1 aromatic rings. The molecule has 0 radical (unpaired) electrons. The molecule has 0 spiro atoms. The van der Waals surface area contributed by atoms with E-state index in [0.29, 0.717) is 12.1 Å². The molecule has 1 aromatic carbocycles. The molecule has 1 aliphatic rings. The Labute approximate surface area is 94.1 Å². The summed E-state index contributed by atoms with van der Waals surface area (Å²) in [6.45, 7) is 2.48. The van der Waals surface area contributed by atoms with E-state index in [0.717, 1.165) is 25.9 Å². The Hall–Kier alpha value is -1.55. The fraction of sp³-hybridized carbons (Fsp3) is 0.417. The molecule has 1 aliphatic heterocycles. The third-order valence-electron chi connectivity index (χ3n) is 2.96. The number of phenolic OH excluding ortho intramolecular Hbond substituents is 1. The monoisotopic (exact) mass is 221 g/mol. The second kappa shape index (κ2) is 4.53. The first kappa shape index (κ1) is 11.0. The normalized spacial score (nSPS) is 16.5. The molecule has 1 saturated heterocycles. The summed E-state index contributed by atoms with van der Waals surface area (Å²) in [5, 5.41) is 18.7. The van der Waals surface area contributed by atoms with Gasteiger partial charge < -0.3 is 10.2 Å². The first-order chi connectivity index (χ1) is 7.68. The molecule has 0 unspecified atom stereocenters. The van der Waals surface area contributed by atoms with E-state index in [2.05, 4.69) is 4.90 Å². The van der Waals surface area contributed by atoms with Crippen LogP contribution in [-0.2, 0) is 6.54 Å². The van der Waals surface area contributed by atoms with Gasteiger partial charge in [0.1, 0.15) is 5.75 Å². The molecule has 1 fully saturated rings. The summed E-state index contributed by atoms with van der Waals surface area (Å²) < 4.78 is 0. The van der Waals surface area contributed by atoms with Gasteiger partial charge in [-0.1, -0.05) is 6.07 Å². The molecule has 0 saturated carbocycles. The maximum Gasteiger partial charge on any atom is 0.336 e. The van der Waals surface area contributed by atoms with E-state index < -0.39 is 5.97 Å². The van der Waals surface area contributed by atoms with Crippen LogP contribution in [-0.4, -0.2) is 34.2 Å². The summed E-state index contributed by atoms with van der Waals surface area (Å²) in [5.74, 6) is -0.906. The Morgan fingerprint density at radius 1 is 1.31 bits per heavy atom. The summed E-state index contributed by atoms with van der Waals surface area (Å²) in [6.07, 6.45) is 2.30. The molecule has 2 rings (SSSR count). The van der Waals surface area contributed by atoms with Crippen LogP contribution >= 0.6 is 0 Å². The van der Waals surface area contributed by atoms with Crippen LogP contribution in [0.25, 0.3) is 0 Å². The van der Waals surface area contributed by atoms with Crippen molar-refractivity contribution >= 4 is 5.97 Å². The van der Waals surface area contributed by atoms with Crippen molar-refractivity contribution in [3.8, 4) is 5.75 Å². The minimum atomic E-state index is -0.981. The van der Waals surface area contributed by atoms with Crippen LogP contribution in [0.1, 0.15) is 28.8 Å². The molecule has 0 bridgehead atoms. The first-order valence-corrected chi connectivity index (χ1v) is 5.45. The molecule has 0 amide bonds. The summed E-state index contributed by atoms with van der Waals surface area (Å²) in [6, 6.07) is 4.64. The van der Waals surface area contributed by atoms with Crippen LogP contribution in [0.4, 0.5) is 0 Å². The van der Waals surface area contributed by atoms with Gasteiger partial charge in [0.2, 0.25) is 0 Å². The highest BCUT2D eigenvalue weighted by atomic mass is 16.4. The Balaban J connectivity index is 2.26. The summed E-state index contributed by atoms with van der Waals surface area (Å²) in [5.41, 5.74) is 0.726. The maximum atomic E-state index is 11.0. The second-order valence-electron chi connectivity index (χ2n) is 4.09. The lowest BCUT2D eigenvalue weighted by Crippen LogP contribution is -2.20. The molecular weight excluding hydrogens is 206 g/mol. The fourth-order valence-electron chi connectivity index (χ4n) is 2.11. The number of nitrogens with zero attached hydrogens (tertiary/aromatic N) is 1. The number of carbonyl (C=O) groups is 1. The van der Waals surface area contributed by atoms with Gasteiger partial charge in [-0.2, -0.15) is 0 Å². The highest BCUT2D eigenvalue weighted by molar-refractivity contribution is 5.90. The Kier molecular flexibility index (Phi) is 3.10. The first-order valence-electron chi connectivity index (χ1n) is 5.45. The van der Waals surface area contributed by atoms with E-state index in [1.807, 2.05) is 0 Å². The van der Waals surface area contributed by atoms with Crippen LogP contribution in [0, 0.1) is 0 Å². The number of likely N-dealkylation sites (tertiary alicyclic amines) is 1. The number of rotatable bonds is 3. The van der Waals surface area contributed by atoms with Gasteiger partial charge in [0.05, 0.1) is 5.56 Å². The quantitative estimate of drug-likeness (QED) is 0.815.